The first kappa shape index (κ1) is 23.1. The highest BCUT2D eigenvalue weighted by Gasteiger charge is 2.43. The van der Waals surface area contributed by atoms with E-state index >= 15 is 0 Å². The van der Waals surface area contributed by atoms with Crippen LogP contribution in [0.1, 0.15) is 59.3 Å². The molecular formula is C21H32N2O6. The molecule has 0 spiro atoms. The summed E-state index contributed by atoms with van der Waals surface area (Å²) in [6.07, 6.45) is 2.64. The number of rotatable bonds is 12. The Balaban J connectivity index is 2.08. The predicted octanol–water partition coefficient (Wildman–Crippen LogP) is 2.21. The zero-order chi connectivity index (χ0) is 21.4. The van der Waals surface area contributed by atoms with Crippen LogP contribution < -0.4 is 0 Å². The Hall–Kier alpha value is -2.14. The molecule has 2 aliphatic rings. The molecule has 2 aliphatic heterocycles. The van der Waals surface area contributed by atoms with E-state index in [9.17, 15) is 14.4 Å². The van der Waals surface area contributed by atoms with Gasteiger partial charge in [0.15, 0.2) is 0 Å². The van der Waals surface area contributed by atoms with Gasteiger partial charge in [0.25, 0.3) is 0 Å². The maximum absolute atomic E-state index is 13.0. The molecule has 4 atom stereocenters. The molecule has 2 fully saturated rings. The van der Waals surface area contributed by atoms with Crippen molar-refractivity contribution in [1.29, 1.82) is 5.26 Å². The van der Waals surface area contributed by atoms with Gasteiger partial charge in [0.1, 0.15) is 19.3 Å². The summed E-state index contributed by atoms with van der Waals surface area (Å²) in [5, 5.41) is 8.62. The van der Waals surface area contributed by atoms with Crippen LogP contribution >= 0.6 is 0 Å². The smallest absolute Gasteiger partial charge is 0.311 e. The minimum Gasteiger partial charge on any atom is -0.464 e. The highest BCUT2D eigenvalue weighted by Crippen LogP contribution is 2.37. The normalized spacial score (nSPS) is 22.3. The number of amides is 1. The summed E-state index contributed by atoms with van der Waals surface area (Å²) >= 11 is 0. The second-order valence-electron chi connectivity index (χ2n) is 8.24. The number of carbonyl (C=O) groups excluding carboxylic acids is 3. The van der Waals surface area contributed by atoms with Crippen LogP contribution in [-0.4, -0.2) is 61.3 Å². The number of esters is 2. The SMILES string of the molecule is CCC(CC(C)(CC(C)N1CCCC1=O)C(=O)OCC1CO1)C(=O)OCCC#N. The van der Waals surface area contributed by atoms with Crippen LogP contribution in [0.5, 0.6) is 0 Å². The fourth-order valence-corrected chi connectivity index (χ4v) is 3.91. The van der Waals surface area contributed by atoms with Crippen molar-refractivity contribution in [2.24, 2.45) is 11.3 Å². The third kappa shape index (κ3) is 6.70. The number of nitrogens with zero attached hydrogens (tertiary/aromatic N) is 2. The van der Waals surface area contributed by atoms with Gasteiger partial charge in [-0.1, -0.05) is 6.92 Å². The molecule has 162 valence electrons. The molecule has 8 heteroatoms. The van der Waals surface area contributed by atoms with Crippen molar-refractivity contribution in [1.82, 2.24) is 4.90 Å². The molecule has 0 aromatic rings. The quantitative estimate of drug-likeness (QED) is 0.277. The van der Waals surface area contributed by atoms with Gasteiger partial charge in [-0.15, -0.1) is 0 Å². The summed E-state index contributed by atoms with van der Waals surface area (Å²) in [6, 6.07) is 1.81. The third-order valence-electron chi connectivity index (χ3n) is 5.66. The molecule has 0 aliphatic carbocycles. The van der Waals surface area contributed by atoms with Crippen molar-refractivity contribution >= 4 is 17.8 Å². The van der Waals surface area contributed by atoms with Gasteiger partial charge in [0.2, 0.25) is 5.91 Å². The number of hydrogen-bond donors (Lipinski definition) is 0. The lowest BCUT2D eigenvalue weighted by Crippen LogP contribution is -2.43. The van der Waals surface area contributed by atoms with E-state index in [4.69, 9.17) is 19.5 Å². The summed E-state index contributed by atoms with van der Waals surface area (Å²) in [7, 11) is 0. The van der Waals surface area contributed by atoms with E-state index in [2.05, 4.69) is 0 Å². The summed E-state index contributed by atoms with van der Waals surface area (Å²) in [4.78, 5) is 39.4. The molecule has 0 aromatic heterocycles. The summed E-state index contributed by atoms with van der Waals surface area (Å²) < 4.78 is 15.8. The Morgan fingerprint density at radius 3 is 2.66 bits per heavy atom. The van der Waals surface area contributed by atoms with Crippen LogP contribution in [-0.2, 0) is 28.6 Å². The van der Waals surface area contributed by atoms with Crippen LogP contribution in [0, 0.1) is 22.7 Å². The summed E-state index contributed by atoms with van der Waals surface area (Å²) in [6.45, 7) is 7.13. The van der Waals surface area contributed by atoms with E-state index in [1.165, 1.54) is 0 Å². The number of hydrogen-bond acceptors (Lipinski definition) is 7. The largest absolute Gasteiger partial charge is 0.464 e. The molecule has 2 saturated heterocycles. The minimum absolute atomic E-state index is 0.0429. The lowest BCUT2D eigenvalue weighted by Gasteiger charge is -2.35. The van der Waals surface area contributed by atoms with Gasteiger partial charge in [-0.25, -0.2) is 0 Å². The molecule has 0 bridgehead atoms. The summed E-state index contributed by atoms with van der Waals surface area (Å²) in [5.41, 5.74) is -0.938. The van der Waals surface area contributed by atoms with Gasteiger partial charge in [-0.3, -0.25) is 14.4 Å². The maximum Gasteiger partial charge on any atom is 0.311 e. The van der Waals surface area contributed by atoms with Crippen molar-refractivity contribution in [3.8, 4) is 6.07 Å². The Labute approximate surface area is 172 Å². The molecule has 0 radical (unpaired) electrons. The maximum atomic E-state index is 13.0. The van der Waals surface area contributed by atoms with Crippen molar-refractivity contribution in [2.75, 3.05) is 26.4 Å². The first-order chi connectivity index (χ1) is 13.8. The topological polar surface area (TPSA) is 109 Å². The van der Waals surface area contributed by atoms with Crippen LogP contribution in [0.2, 0.25) is 0 Å². The van der Waals surface area contributed by atoms with Crippen molar-refractivity contribution in [2.45, 2.75) is 71.4 Å². The fourth-order valence-electron chi connectivity index (χ4n) is 3.91. The van der Waals surface area contributed by atoms with Gasteiger partial charge in [-0.2, -0.15) is 5.26 Å². The molecule has 2 heterocycles. The standard InChI is InChI=1S/C21H32N2O6/c1-4-16(19(25)27-10-6-8-22)12-21(3,20(26)29-14-17-13-28-17)11-15(2)23-9-5-7-18(23)24/h15-17H,4-7,9-14H2,1-3H3. The van der Waals surface area contributed by atoms with E-state index in [0.29, 0.717) is 32.4 Å². The average molecular weight is 408 g/mol. The molecule has 0 aromatic carbocycles. The van der Waals surface area contributed by atoms with Crippen LogP contribution in [0.15, 0.2) is 0 Å². The lowest BCUT2D eigenvalue weighted by atomic mass is 9.75. The van der Waals surface area contributed by atoms with Gasteiger partial charge in [-0.05, 0) is 39.5 Å². The first-order valence-corrected chi connectivity index (χ1v) is 10.4. The van der Waals surface area contributed by atoms with Crippen LogP contribution in [0.3, 0.4) is 0 Å². The van der Waals surface area contributed by atoms with Crippen LogP contribution in [0.4, 0.5) is 0 Å². The predicted molar refractivity (Wildman–Crippen MR) is 103 cm³/mol. The zero-order valence-electron chi connectivity index (χ0n) is 17.6. The zero-order valence-corrected chi connectivity index (χ0v) is 17.6. The highest BCUT2D eigenvalue weighted by molar-refractivity contribution is 5.80. The van der Waals surface area contributed by atoms with Crippen molar-refractivity contribution in [3.05, 3.63) is 0 Å². The highest BCUT2D eigenvalue weighted by atomic mass is 16.6. The molecule has 1 amide bonds. The van der Waals surface area contributed by atoms with Crippen molar-refractivity contribution in [3.63, 3.8) is 0 Å². The monoisotopic (exact) mass is 408 g/mol. The minimum atomic E-state index is -0.938. The van der Waals surface area contributed by atoms with Crippen LogP contribution in [0.25, 0.3) is 0 Å². The number of epoxide rings is 1. The molecule has 0 N–H and O–H groups in total. The van der Waals surface area contributed by atoms with Gasteiger partial charge >= 0.3 is 11.9 Å². The molecular weight excluding hydrogens is 376 g/mol. The second-order valence-corrected chi connectivity index (χ2v) is 8.24. The van der Waals surface area contributed by atoms with Gasteiger partial charge < -0.3 is 19.1 Å². The Morgan fingerprint density at radius 2 is 2.10 bits per heavy atom. The number of carbonyl (C=O) groups is 3. The second kappa shape index (κ2) is 10.6. The Bertz CT molecular complexity index is 642. The van der Waals surface area contributed by atoms with Crippen molar-refractivity contribution < 1.29 is 28.6 Å². The molecule has 8 nitrogen and oxygen atoms in total. The van der Waals surface area contributed by atoms with Gasteiger partial charge in [0.05, 0.1) is 30.4 Å². The molecule has 4 unspecified atom stereocenters. The number of ether oxygens (including phenoxy) is 3. The molecule has 29 heavy (non-hydrogen) atoms. The number of nitriles is 1. The fraction of sp³-hybridized carbons (Fsp3) is 0.810. The number of likely N-dealkylation sites (tertiary alicyclic amines) is 1. The van der Waals surface area contributed by atoms with E-state index in [1.54, 1.807) is 6.92 Å². The Kier molecular flexibility index (Phi) is 8.45. The van der Waals surface area contributed by atoms with E-state index < -0.39 is 17.3 Å². The third-order valence-corrected chi connectivity index (χ3v) is 5.66. The van der Waals surface area contributed by atoms with E-state index in [1.807, 2.05) is 24.8 Å². The first-order valence-electron chi connectivity index (χ1n) is 10.4. The lowest BCUT2D eigenvalue weighted by molar-refractivity contribution is -0.161. The van der Waals surface area contributed by atoms with E-state index in [-0.39, 0.29) is 50.1 Å². The summed E-state index contributed by atoms with van der Waals surface area (Å²) in [5.74, 6) is -1.17. The van der Waals surface area contributed by atoms with Gasteiger partial charge in [0, 0.05) is 19.0 Å². The Morgan fingerprint density at radius 1 is 1.38 bits per heavy atom. The molecule has 2 rings (SSSR count). The van der Waals surface area contributed by atoms with E-state index in [0.717, 1.165) is 6.42 Å². The average Bonchev–Trinajstić information content (AvgIpc) is 3.42. The molecule has 0 saturated carbocycles.